The number of ether oxygens (including phenoxy) is 1. The minimum absolute atomic E-state index is 0.00143. The Labute approximate surface area is 217 Å². The van der Waals surface area contributed by atoms with Gasteiger partial charge < -0.3 is 15.2 Å². The van der Waals surface area contributed by atoms with Crippen molar-refractivity contribution in [3.8, 4) is 17.3 Å². The molecule has 3 heterocycles. The van der Waals surface area contributed by atoms with Crippen molar-refractivity contribution in [2.75, 3.05) is 12.4 Å². The topological polar surface area (TPSA) is 115 Å². The lowest BCUT2D eigenvalue weighted by molar-refractivity contribution is 0.0697. The smallest absolute Gasteiger partial charge is 0.337 e. The lowest BCUT2D eigenvalue weighted by Gasteiger charge is -2.12. The number of anilines is 2. The summed E-state index contributed by atoms with van der Waals surface area (Å²) in [6.07, 6.45) is 7.05. The number of halogens is 2. The third-order valence-electron chi connectivity index (χ3n) is 6.06. The maximum Gasteiger partial charge on any atom is 0.337 e. The fourth-order valence-electron chi connectivity index (χ4n) is 4.12. The molecule has 1 aromatic carbocycles. The van der Waals surface area contributed by atoms with E-state index in [9.17, 15) is 9.90 Å². The van der Waals surface area contributed by atoms with E-state index in [4.69, 9.17) is 38.0 Å². The van der Waals surface area contributed by atoms with Crippen LogP contribution in [-0.4, -0.2) is 42.9 Å². The number of nitrogens with one attached hydrogen (secondary N) is 1. The van der Waals surface area contributed by atoms with E-state index >= 15 is 0 Å². The third-order valence-corrected chi connectivity index (χ3v) is 6.84. The Bertz CT molecular complexity index is 1450. The molecule has 1 aliphatic carbocycles. The van der Waals surface area contributed by atoms with Crippen molar-refractivity contribution in [3.63, 3.8) is 0 Å². The molecule has 1 fully saturated rings. The van der Waals surface area contributed by atoms with Gasteiger partial charge in [-0.2, -0.15) is 5.10 Å². The van der Waals surface area contributed by atoms with Crippen LogP contribution in [0, 0.1) is 6.92 Å². The first-order chi connectivity index (χ1) is 17.4. The number of carboxylic acids is 1. The zero-order chi connectivity index (χ0) is 25.4. The van der Waals surface area contributed by atoms with Gasteiger partial charge in [0.05, 0.1) is 30.4 Å². The van der Waals surface area contributed by atoms with E-state index in [0.29, 0.717) is 39.6 Å². The van der Waals surface area contributed by atoms with Crippen molar-refractivity contribution >= 4 is 40.7 Å². The number of aromatic carboxylic acids is 1. The summed E-state index contributed by atoms with van der Waals surface area (Å²) in [6, 6.07) is 6.60. The van der Waals surface area contributed by atoms with E-state index in [-0.39, 0.29) is 17.1 Å². The second-order valence-electron chi connectivity index (χ2n) is 8.45. The lowest BCUT2D eigenvalue weighted by Crippen LogP contribution is -2.09. The summed E-state index contributed by atoms with van der Waals surface area (Å²) in [5.74, 6) is 0.648. The molecule has 0 spiro atoms. The summed E-state index contributed by atoms with van der Waals surface area (Å²) in [6.45, 7) is 2.22. The van der Waals surface area contributed by atoms with Crippen LogP contribution in [-0.2, 0) is 6.54 Å². The Morgan fingerprint density at radius 2 is 1.97 bits per heavy atom. The first-order valence-corrected chi connectivity index (χ1v) is 12.0. The summed E-state index contributed by atoms with van der Waals surface area (Å²) < 4.78 is 7.28. The van der Waals surface area contributed by atoms with Crippen LogP contribution in [0.15, 0.2) is 42.9 Å². The Morgan fingerprint density at radius 3 is 2.64 bits per heavy atom. The predicted octanol–water partition coefficient (Wildman–Crippen LogP) is 5.73. The van der Waals surface area contributed by atoms with Gasteiger partial charge in [0, 0.05) is 45.8 Å². The minimum atomic E-state index is -1.11. The number of nitrogens with zero attached hydrogens (tertiary/aromatic N) is 5. The quantitative estimate of drug-likeness (QED) is 0.300. The maximum atomic E-state index is 11.6. The molecule has 0 unspecified atom stereocenters. The van der Waals surface area contributed by atoms with Gasteiger partial charge in [0.15, 0.2) is 17.4 Å². The zero-order valence-corrected chi connectivity index (χ0v) is 21.0. The van der Waals surface area contributed by atoms with Crippen molar-refractivity contribution in [2.24, 2.45) is 0 Å². The largest absolute Gasteiger partial charge is 0.491 e. The molecule has 0 amide bonds. The van der Waals surface area contributed by atoms with Gasteiger partial charge in [0.1, 0.15) is 5.69 Å². The Balaban J connectivity index is 1.57. The highest BCUT2D eigenvalue weighted by Crippen LogP contribution is 2.44. The molecule has 11 heteroatoms. The van der Waals surface area contributed by atoms with Crippen molar-refractivity contribution in [2.45, 2.75) is 32.2 Å². The van der Waals surface area contributed by atoms with E-state index in [1.165, 1.54) is 6.07 Å². The second kappa shape index (κ2) is 9.75. The summed E-state index contributed by atoms with van der Waals surface area (Å²) in [4.78, 5) is 24.8. The fraction of sp³-hybridized carbons (Fsp3) is 0.240. The van der Waals surface area contributed by atoms with Crippen molar-refractivity contribution in [1.82, 2.24) is 24.7 Å². The summed E-state index contributed by atoms with van der Waals surface area (Å²) in [5.41, 5.74) is 3.93. The highest BCUT2D eigenvalue weighted by Gasteiger charge is 2.32. The molecule has 1 saturated carbocycles. The van der Waals surface area contributed by atoms with Crippen LogP contribution in [0.4, 0.5) is 11.5 Å². The van der Waals surface area contributed by atoms with E-state index in [2.05, 4.69) is 15.3 Å². The summed E-state index contributed by atoms with van der Waals surface area (Å²) in [5, 5.41) is 18.1. The maximum absolute atomic E-state index is 11.6. The molecule has 0 radical (unpaired) electrons. The molecule has 1 aliphatic rings. The van der Waals surface area contributed by atoms with Crippen molar-refractivity contribution in [3.05, 3.63) is 75.3 Å². The molecule has 0 atom stereocenters. The number of aromatic nitrogens is 5. The average molecular weight is 525 g/mol. The van der Waals surface area contributed by atoms with Gasteiger partial charge in [-0.3, -0.25) is 9.67 Å². The molecule has 3 aromatic heterocycles. The number of carbonyl (C=O) groups is 1. The van der Waals surface area contributed by atoms with Crippen molar-refractivity contribution < 1.29 is 14.6 Å². The predicted molar refractivity (Wildman–Crippen MR) is 137 cm³/mol. The van der Waals surface area contributed by atoms with Gasteiger partial charge in [-0.15, -0.1) is 0 Å². The van der Waals surface area contributed by atoms with E-state index in [1.54, 1.807) is 31.8 Å². The van der Waals surface area contributed by atoms with Gasteiger partial charge in [-0.05, 0) is 44.0 Å². The second-order valence-corrected chi connectivity index (χ2v) is 9.24. The van der Waals surface area contributed by atoms with Crippen LogP contribution in [0.3, 0.4) is 0 Å². The molecule has 9 nitrogen and oxygen atoms in total. The molecule has 2 N–H and O–H groups in total. The number of carboxylic acid groups (broad SMARTS) is 1. The van der Waals surface area contributed by atoms with Gasteiger partial charge in [-0.25, -0.2) is 14.8 Å². The molecule has 0 saturated heterocycles. The van der Waals surface area contributed by atoms with E-state index < -0.39 is 5.97 Å². The summed E-state index contributed by atoms with van der Waals surface area (Å²) >= 11 is 12.9. The molecular weight excluding hydrogens is 503 g/mol. The SMILES string of the molecule is COc1cnc(-c2nn(Cc3c(Cl)ccc(C(=O)O)c3Cl)c(C3CC3)c2C)nc1Nc1ccncc1. The molecule has 36 heavy (non-hydrogen) atoms. The molecule has 0 aliphatic heterocycles. The molecule has 184 valence electrons. The van der Waals surface area contributed by atoms with Crippen LogP contribution in [0.2, 0.25) is 10.0 Å². The average Bonchev–Trinajstić information content (AvgIpc) is 3.65. The third kappa shape index (κ3) is 4.59. The van der Waals surface area contributed by atoms with Gasteiger partial charge in [-0.1, -0.05) is 23.2 Å². The Morgan fingerprint density at radius 1 is 1.22 bits per heavy atom. The molecule has 0 bridgehead atoms. The number of methoxy groups -OCH3 is 1. The number of hydrogen-bond acceptors (Lipinski definition) is 7. The summed E-state index contributed by atoms with van der Waals surface area (Å²) in [7, 11) is 1.56. The van der Waals surface area contributed by atoms with Crippen LogP contribution in [0.1, 0.15) is 45.9 Å². The monoisotopic (exact) mass is 524 g/mol. The van der Waals surface area contributed by atoms with Gasteiger partial charge in [0.25, 0.3) is 0 Å². The highest BCUT2D eigenvalue weighted by atomic mass is 35.5. The standard InChI is InChI=1S/C25H22Cl2N6O3/c1-13-21(24-29-11-19(36-2)23(31-24)30-15-7-9-28-10-8-15)32-33(22(13)14-3-4-14)12-17-18(26)6-5-16(20(17)27)25(34)35/h5-11,14H,3-4,12H2,1-2H3,(H,34,35)(H,28,29,30,31). The van der Waals surface area contributed by atoms with Crippen LogP contribution < -0.4 is 10.1 Å². The number of pyridine rings is 1. The van der Waals surface area contributed by atoms with Crippen LogP contribution >= 0.6 is 23.2 Å². The van der Waals surface area contributed by atoms with E-state index in [0.717, 1.165) is 29.8 Å². The van der Waals surface area contributed by atoms with Gasteiger partial charge >= 0.3 is 5.97 Å². The fourth-order valence-corrected chi connectivity index (χ4v) is 4.70. The first-order valence-electron chi connectivity index (χ1n) is 11.2. The number of benzene rings is 1. The lowest BCUT2D eigenvalue weighted by atomic mass is 10.1. The Kier molecular flexibility index (Phi) is 6.51. The van der Waals surface area contributed by atoms with E-state index in [1.807, 2.05) is 23.7 Å². The van der Waals surface area contributed by atoms with Crippen LogP contribution in [0.25, 0.3) is 11.5 Å². The highest BCUT2D eigenvalue weighted by molar-refractivity contribution is 6.37. The molecule has 4 aromatic rings. The Hall–Kier alpha value is -3.69. The van der Waals surface area contributed by atoms with Gasteiger partial charge in [0.2, 0.25) is 0 Å². The number of rotatable bonds is 8. The zero-order valence-electron chi connectivity index (χ0n) is 19.5. The molecule has 5 rings (SSSR count). The molecular formula is C25H22Cl2N6O3. The normalized spacial score (nSPS) is 13.0. The number of hydrogen-bond donors (Lipinski definition) is 2. The van der Waals surface area contributed by atoms with Crippen molar-refractivity contribution in [1.29, 1.82) is 0 Å². The van der Waals surface area contributed by atoms with Crippen LogP contribution in [0.5, 0.6) is 5.75 Å². The minimum Gasteiger partial charge on any atom is -0.491 e. The first kappa shape index (κ1) is 24.0.